The molecule has 1 rings (SSSR count). The van der Waals surface area contributed by atoms with Gasteiger partial charge in [0.05, 0.1) is 0 Å². The van der Waals surface area contributed by atoms with Crippen LogP contribution in [-0.2, 0) is 6.42 Å². The maximum Gasteiger partial charge on any atom is 0.126 e. The molecule has 1 atom stereocenters. The molecule has 0 radical (unpaired) electrons. The van der Waals surface area contributed by atoms with Gasteiger partial charge in [0.25, 0.3) is 0 Å². The summed E-state index contributed by atoms with van der Waals surface area (Å²) in [6.07, 6.45) is 2.85. The first-order chi connectivity index (χ1) is 6.13. The molecule has 1 aromatic carbocycles. The number of allylic oxidation sites excluding steroid dienone is 1. The lowest BCUT2D eigenvalue weighted by Gasteiger charge is -2.06. The third kappa shape index (κ3) is 2.69. The van der Waals surface area contributed by atoms with Crippen molar-refractivity contribution in [3.05, 3.63) is 47.8 Å². The highest BCUT2D eigenvalue weighted by atomic mass is 19.1. The molecule has 0 aliphatic heterocycles. The normalized spacial score (nSPS) is 12.5. The lowest BCUT2D eigenvalue weighted by atomic mass is 10.00. The minimum Gasteiger partial charge on any atom is -0.207 e. The van der Waals surface area contributed by atoms with Crippen LogP contribution in [0.5, 0.6) is 0 Å². The van der Waals surface area contributed by atoms with Crippen molar-refractivity contribution in [2.24, 2.45) is 5.92 Å². The maximum absolute atomic E-state index is 12.9. The van der Waals surface area contributed by atoms with E-state index in [1.807, 2.05) is 18.2 Å². The molecule has 70 valence electrons. The summed E-state index contributed by atoms with van der Waals surface area (Å²) in [5.74, 6) is 0.319. The summed E-state index contributed by atoms with van der Waals surface area (Å²) in [4.78, 5) is 0. The molecular weight excluding hydrogens is 163 g/mol. The van der Waals surface area contributed by atoms with Crippen molar-refractivity contribution in [1.29, 1.82) is 0 Å². The van der Waals surface area contributed by atoms with E-state index >= 15 is 0 Å². The standard InChI is InChI=1S/C12H15F/c1-4-9(2)7-11-5-6-12(13)10(3)8-11/h4-6,8-9H,1,7H2,2-3H3. The van der Waals surface area contributed by atoms with Gasteiger partial charge >= 0.3 is 0 Å². The van der Waals surface area contributed by atoms with Crippen molar-refractivity contribution < 1.29 is 4.39 Å². The van der Waals surface area contributed by atoms with Gasteiger partial charge in [-0.2, -0.15) is 0 Å². The molecule has 0 fully saturated rings. The second-order valence-corrected chi connectivity index (χ2v) is 3.50. The number of hydrogen-bond donors (Lipinski definition) is 0. The number of benzene rings is 1. The highest BCUT2D eigenvalue weighted by Gasteiger charge is 2.01. The highest BCUT2D eigenvalue weighted by molar-refractivity contribution is 5.24. The molecule has 0 saturated heterocycles. The molecule has 0 amide bonds. The summed E-state index contributed by atoms with van der Waals surface area (Å²) in [5.41, 5.74) is 1.89. The van der Waals surface area contributed by atoms with E-state index in [1.165, 1.54) is 11.6 Å². The molecule has 0 aromatic heterocycles. The van der Waals surface area contributed by atoms with Crippen LogP contribution in [0.3, 0.4) is 0 Å². The summed E-state index contributed by atoms with van der Waals surface area (Å²) < 4.78 is 12.9. The maximum atomic E-state index is 12.9. The van der Waals surface area contributed by atoms with Gasteiger partial charge < -0.3 is 0 Å². The average Bonchev–Trinajstić information content (AvgIpc) is 2.11. The van der Waals surface area contributed by atoms with E-state index in [0.29, 0.717) is 11.5 Å². The van der Waals surface area contributed by atoms with Crippen molar-refractivity contribution in [2.45, 2.75) is 20.3 Å². The monoisotopic (exact) mass is 178 g/mol. The lowest BCUT2D eigenvalue weighted by Crippen LogP contribution is -1.96. The molecule has 0 aliphatic rings. The summed E-state index contributed by atoms with van der Waals surface area (Å²) in [6, 6.07) is 5.26. The third-order valence-corrected chi connectivity index (χ3v) is 2.18. The molecule has 0 spiro atoms. The van der Waals surface area contributed by atoms with Gasteiger partial charge in [-0.3, -0.25) is 0 Å². The Morgan fingerprint density at radius 3 is 2.77 bits per heavy atom. The first kappa shape index (κ1) is 9.97. The SMILES string of the molecule is C=CC(C)Cc1ccc(F)c(C)c1. The molecule has 1 aromatic rings. The van der Waals surface area contributed by atoms with Gasteiger partial charge in [-0.05, 0) is 36.5 Å². The minimum absolute atomic E-state index is 0.130. The van der Waals surface area contributed by atoms with E-state index in [4.69, 9.17) is 0 Å². The zero-order valence-corrected chi connectivity index (χ0v) is 8.18. The number of rotatable bonds is 3. The largest absolute Gasteiger partial charge is 0.207 e. The topological polar surface area (TPSA) is 0 Å². The molecule has 0 aliphatic carbocycles. The Morgan fingerprint density at radius 2 is 2.23 bits per heavy atom. The fraction of sp³-hybridized carbons (Fsp3) is 0.333. The molecule has 1 heteroatoms. The quantitative estimate of drug-likeness (QED) is 0.621. The van der Waals surface area contributed by atoms with Crippen molar-refractivity contribution in [2.75, 3.05) is 0 Å². The summed E-state index contributed by atoms with van der Waals surface area (Å²) >= 11 is 0. The van der Waals surface area contributed by atoms with Gasteiger partial charge in [0.1, 0.15) is 5.82 Å². The average molecular weight is 178 g/mol. The first-order valence-corrected chi connectivity index (χ1v) is 4.51. The molecule has 1 unspecified atom stereocenters. The first-order valence-electron chi connectivity index (χ1n) is 4.51. The van der Waals surface area contributed by atoms with Crippen LogP contribution < -0.4 is 0 Å². The Hall–Kier alpha value is -1.11. The van der Waals surface area contributed by atoms with Crippen molar-refractivity contribution in [1.82, 2.24) is 0 Å². The molecule has 0 nitrogen and oxygen atoms in total. The molecule has 13 heavy (non-hydrogen) atoms. The molecular formula is C12H15F. The van der Waals surface area contributed by atoms with E-state index in [0.717, 1.165) is 6.42 Å². The molecule has 0 saturated carbocycles. The van der Waals surface area contributed by atoms with E-state index in [1.54, 1.807) is 6.92 Å². The lowest BCUT2D eigenvalue weighted by molar-refractivity contribution is 0.616. The Bertz CT molecular complexity index is 302. The van der Waals surface area contributed by atoms with Crippen LogP contribution in [0.1, 0.15) is 18.1 Å². The summed E-state index contributed by atoms with van der Waals surface area (Å²) in [6.45, 7) is 7.61. The minimum atomic E-state index is -0.130. The number of aryl methyl sites for hydroxylation is 1. The van der Waals surface area contributed by atoms with Crippen LogP contribution >= 0.6 is 0 Å². The molecule has 0 heterocycles. The van der Waals surface area contributed by atoms with Crippen LogP contribution in [0.4, 0.5) is 4.39 Å². The second kappa shape index (κ2) is 4.22. The van der Waals surface area contributed by atoms with Crippen LogP contribution in [0.15, 0.2) is 30.9 Å². The zero-order chi connectivity index (χ0) is 9.84. The van der Waals surface area contributed by atoms with Crippen LogP contribution in [0.25, 0.3) is 0 Å². The van der Waals surface area contributed by atoms with Gasteiger partial charge in [0.2, 0.25) is 0 Å². The highest BCUT2D eigenvalue weighted by Crippen LogP contribution is 2.13. The fourth-order valence-electron chi connectivity index (χ4n) is 1.29. The van der Waals surface area contributed by atoms with Crippen molar-refractivity contribution in [3.63, 3.8) is 0 Å². The summed E-state index contributed by atoms with van der Waals surface area (Å²) in [7, 11) is 0. The van der Waals surface area contributed by atoms with E-state index in [-0.39, 0.29) is 5.82 Å². The van der Waals surface area contributed by atoms with Gasteiger partial charge in [-0.25, -0.2) is 4.39 Å². The Balaban J connectivity index is 2.79. The van der Waals surface area contributed by atoms with Gasteiger partial charge in [0, 0.05) is 0 Å². The fourth-order valence-corrected chi connectivity index (χ4v) is 1.29. The van der Waals surface area contributed by atoms with Gasteiger partial charge in [0.15, 0.2) is 0 Å². The summed E-state index contributed by atoms with van der Waals surface area (Å²) in [5, 5.41) is 0. The Morgan fingerprint density at radius 1 is 1.54 bits per heavy atom. The smallest absolute Gasteiger partial charge is 0.126 e. The zero-order valence-electron chi connectivity index (χ0n) is 8.18. The van der Waals surface area contributed by atoms with E-state index < -0.39 is 0 Å². The van der Waals surface area contributed by atoms with Crippen molar-refractivity contribution in [3.8, 4) is 0 Å². The Labute approximate surface area is 79.1 Å². The molecule has 0 N–H and O–H groups in total. The van der Waals surface area contributed by atoms with Gasteiger partial charge in [-0.1, -0.05) is 25.1 Å². The van der Waals surface area contributed by atoms with Gasteiger partial charge in [-0.15, -0.1) is 6.58 Å². The van der Waals surface area contributed by atoms with Crippen LogP contribution in [0, 0.1) is 18.7 Å². The Kier molecular flexibility index (Phi) is 3.24. The number of halogens is 1. The van der Waals surface area contributed by atoms with E-state index in [2.05, 4.69) is 13.5 Å². The second-order valence-electron chi connectivity index (χ2n) is 3.50. The van der Waals surface area contributed by atoms with Crippen LogP contribution in [-0.4, -0.2) is 0 Å². The third-order valence-electron chi connectivity index (χ3n) is 2.18. The molecule has 0 bridgehead atoms. The van der Waals surface area contributed by atoms with Crippen molar-refractivity contribution >= 4 is 0 Å². The van der Waals surface area contributed by atoms with Crippen LogP contribution in [0.2, 0.25) is 0 Å². The van der Waals surface area contributed by atoms with E-state index in [9.17, 15) is 4.39 Å². The number of hydrogen-bond acceptors (Lipinski definition) is 0. The predicted octanol–water partition coefficient (Wildman–Crippen LogP) is 3.50. The predicted molar refractivity (Wildman–Crippen MR) is 54.2 cm³/mol.